The highest BCUT2D eigenvalue weighted by Crippen LogP contribution is 2.42. The molecule has 0 aromatic heterocycles. The minimum atomic E-state index is -0.367. The van der Waals surface area contributed by atoms with Crippen LogP contribution in [0.3, 0.4) is 0 Å². The van der Waals surface area contributed by atoms with Gasteiger partial charge in [-0.1, -0.05) is 12.1 Å². The number of rotatable bonds is 2. The fourth-order valence-electron chi connectivity index (χ4n) is 2.56. The van der Waals surface area contributed by atoms with E-state index in [1.807, 2.05) is 0 Å². The normalized spacial score (nSPS) is 17.0. The SMILES string of the molecule is COc1ccc([C@@H]2CC(=O)Oc3cc(O)ccc32)cc1O. The molecule has 0 saturated carbocycles. The number of ether oxygens (including phenoxy) is 2. The Morgan fingerprint density at radius 3 is 2.71 bits per heavy atom. The molecule has 0 amide bonds. The van der Waals surface area contributed by atoms with Crippen LogP contribution in [0, 0.1) is 0 Å². The Morgan fingerprint density at radius 1 is 1.19 bits per heavy atom. The largest absolute Gasteiger partial charge is 0.508 e. The molecule has 0 spiro atoms. The van der Waals surface area contributed by atoms with E-state index in [0.29, 0.717) is 11.5 Å². The number of benzene rings is 2. The minimum absolute atomic E-state index is 0.0225. The summed E-state index contributed by atoms with van der Waals surface area (Å²) in [6.07, 6.45) is 0.184. The van der Waals surface area contributed by atoms with Gasteiger partial charge in [0.15, 0.2) is 11.5 Å². The minimum Gasteiger partial charge on any atom is -0.508 e. The summed E-state index contributed by atoms with van der Waals surface area (Å²) in [5.41, 5.74) is 1.59. The Hall–Kier alpha value is -2.69. The average Bonchev–Trinajstić information content (AvgIpc) is 2.45. The van der Waals surface area contributed by atoms with E-state index >= 15 is 0 Å². The van der Waals surface area contributed by atoms with Gasteiger partial charge in [0.2, 0.25) is 0 Å². The second-order valence-electron chi connectivity index (χ2n) is 4.88. The predicted molar refractivity (Wildman–Crippen MR) is 74.9 cm³/mol. The van der Waals surface area contributed by atoms with Crippen LogP contribution in [-0.4, -0.2) is 23.3 Å². The van der Waals surface area contributed by atoms with Crippen molar-refractivity contribution in [3.8, 4) is 23.0 Å². The molecular formula is C16H14O5. The fraction of sp³-hybridized carbons (Fsp3) is 0.188. The van der Waals surface area contributed by atoms with Crippen molar-refractivity contribution in [2.75, 3.05) is 7.11 Å². The first kappa shape index (κ1) is 13.3. The zero-order valence-electron chi connectivity index (χ0n) is 11.4. The van der Waals surface area contributed by atoms with Gasteiger partial charge in [-0.2, -0.15) is 0 Å². The van der Waals surface area contributed by atoms with E-state index in [-0.39, 0.29) is 29.8 Å². The zero-order valence-corrected chi connectivity index (χ0v) is 11.4. The second kappa shape index (κ2) is 5.01. The van der Waals surface area contributed by atoms with Crippen LogP contribution in [0.4, 0.5) is 0 Å². The van der Waals surface area contributed by atoms with Gasteiger partial charge in [-0.05, 0) is 23.8 Å². The van der Waals surface area contributed by atoms with Crippen LogP contribution >= 0.6 is 0 Å². The zero-order chi connectivity index (χ0) is 15.0. The molecule has 108 valence electrons. The fourth-order valence-corrected chi connectivity index (χ4v) is 2.56. The number of fused-ring (bicyclic) bond motifs is 1. The summed E-state index contributed by atoms with van der Waals surface area (Å²) in [6.45, 7) is 0. The molecule has 0 bridgehead atoms. The maximum atomic E-state index is 11.7. The van der Waals surface area contributed by atoms with Crippen molar-refractivity contribution in [2.24, 2.45) is 0 Å². The van der Waals surface area contributed by atoms with Crippen LogP contribution in [0.2, 0.25) is 0 Å². The topological polar surface area (TPSA) is 76.0 Å². The van der Waals surface area contributed by atoms with Crippen molar-refractivity contribution >= 4 is 5.97 Å². The summed E-state index contributed by atoms with van der Waals surface area (Å²) in [5, 5.41) is 19.4. The lowest BCUT2D eigenvalue weighted by Gasteiger charge is -2.25. The number of hydrogen-bond acceptors (Lipinski definition) is 5. The number of carbonyl (C=O) groups excluding carboxylic acids is 1. The first-order chi connectivity index (χ1) is 10.1. The van der Waals surface area contributed by atoms with Crippen molar-refractivity contribution in [2.45, 2.75) is 12.3 Å². The molecule has 5 heteroatoms. The monoisotopic (exact) mass is 286 g/mol. The first-order valence-electron chi connectivity index (χ1n) is 6.49. The Balaban J connectivity index is 2.07. The summed E-state index contributed by atoms with van der Waals surface area (Å²) in [5.74, 6) is 0.204. The quantitative estimate of drug-likeness (QED) is 0.655. The molecule has 2 aromatic carbocycles. The molecule has 1 atom stereocenters. The molecule has 2 aromatic rings. The molecule has 0 saturated heterocycles. The number of aromatic hydroxyl groups is 2. The third kappa shape index (κ3) is 2.38. The number of phenols is 2. The van der Waals surface area contributed by atoms with Crippen molar-refractivity contribution in [1.29, 1.82) is 0 Å². The summed E-state index contributed by atoms with van der Waals surface area (Å²) in [4.78, 5) is 11.7. The van der Waals surface area contributed by atoms with E-state index in [0.717, 1.165) is 11.1 Å². The van der Waals surface area contributed by atoms with E-state index in [1.165, 1.54) is 13.2 Å². The number of hydrogen-bond donors (Lipinski definition) is 2. The van der Waals surface area contributed by atoms with E-state index in [1.54, 1.807) is 30.3 Å². The molecular weight excluding hydrogens is 272 g/mol. The summed E-state index contributed by atoms with van der Waals surface area (Å²) in [6, 6.07) is 9.74. The van der Waals surface area contributed by atoms with E-state index in [9.17, 15) is 15.0 Å². The summed E-state index contributed by atoms with van der Waals surface area (Å²) >= 11 is 0. The number of carbonyl (C=O) groups is 1. The molecule has 1 aliphatic heterocycles. The molecule has 5 nitrogen and oxygen atoms in total. The second-order valence-corrected chi connectivity index (χ2v) is 4.88. The van der Waals surface area contributed by atoms with Crippen molar-refractivity contribution in [3.63, 3.8) is 0 Å². The van der Waals surface area contributed by atoms with E-state index in [4.69, 9.17) is 9.47 Å². The Morgan fingerprint density at radius 2 is 2.00 bits per heavy atom. The lowest BCUT2D eigenvalue weighted by molar-refractivity contribution is -0.135. The molecule has 1 heterocycles. The first-order valence-corrected chi connectivity index (χ1v) is 6.49. The van der Waals surface area contributed by atoms with Crippen LogP contribution in [0.5, 0.6) is 23.0 Å². The molecule has 0 unspecified atom stereocenters. The molecule has 0 aliphatic carbocycles. The van der Waals surface area contributed by atoms with E-state index < -0.39 is 0 Å². The molecule has 0 fully saturated rings. The van der Waals surface area contributed by atoms with Gasteiger partial charge in [-0.15, -0.1) is 0 Å². The van der Waals surface area contributed by atoms with Gasteiger partial charge in [-0.25, -0.2) is 0 Å². The Kier molecular flexibility index (Phi) is 3.17. The smallest absolute Gasteiger partial charge is 0.312 e. The molecule has 3 rings (SSSR count). The van der Waals surface area contributed by atoms with Gasteiger partial charge in [-0.3, -0.25) is 4.79 Å². The Labute approximate surface area is 121 Å². The highest BCUT2D eigenvalue weighted by molar-refractivity contribution is 5.78. The maximum Gasteiger partial charge on any atom is 0.312 e. The van der Waals surface area contributed by atoms with Gasteiger partial charge in [0.1, 0.15) is 11.5 Å². The summed E-state index contributed by atoms with van der Waals surface area (Å²) in [7, 11) is 1.48. The maximum absolute atomic E-state index is 11.7. The molecule has 2 N–H and O–H groups in total. The molecule has 21 heavy (non-hydrogen) atoms. The van der Waals surface area contributed by atoms with Gasteiger partial charge in [0.25, 0.3) is 0 Å². The van der Waals surface area contributed by atoms with E-state index in [2.05, 4.69) is 0 Å². The third-order valence-electron chi connectivity index (χ3n) is 3.57. The summed E-state index contributed by atoms with van der Waals surface area (Å²) < 4.78 is 10.2. The lowest BCUT2D eigenvalue weighted by Crippen LogP contribution is -2.20. The van der Waals surface area contributed by atoms with Gasteiger partial charge in [0, 0.05) is 17.5 Å². The van der Waals surface area contributed by atoms with Crippen LogP contribution in [0.1, 0.15) is 23.5 Å². The van der Waals surface area contributed by atoms with Gasteiger partial charge in [0.05, 0.1) is 13.5 Å². The number of esters is 1. The molecule has 0 radical (unpaired) electrons. The van der Waals surface area contributed by atoms with Crippen molar-refractivity contribution in [3.05, 3.63) is 47.5 Å². The highest BCUT2D eigenvalue weighted by Gasteiger charge is 2.29. The molecule has 1 aliphatic rings. The highest BCUT2D eigenvalue weighted by atomic mass is 16.5. The lowest BCUT2D eigenvalue weighted by atomic mass is 9.86. The Bertz CT molecular complexity index is 708. The standard InChI is InChI=1S/C16H14O5/c1-20-14-5-2-9(6-13(14)18)12-8-16(19)21-15-7-10(17)3-4-11(12)15/h2-7,12,17-18H,8H2,1H3/t12-/m0/s1. The average molecular weight is 286 g/mol. The van der Waals surface area contributed by atoms with Crippen molar-refractivity contribution < 1.29 is 24.5 Å². The van der Waals surface area contributed by atoms with Crippen LogP contribution < -0.4 is 9.47 Å². The van der Waals surface area contributed by atoms with Crippen molar-refractivity contribution in [1.82, 2.24) is 0 Å². The van der Waals surface area contributed by atoms with Crippen LogP contribution in [-0.2, 0) is 4.79 Å². The van der Waals surface area contributed by atoms with Gasteiger partial charge >= 0.3 is 5.97 Å². The number of phenolic OH excluding ortho intramolecular Hbond substituents is 2. The van der Waals surface area contributed by atoms with Crippen LogP contribution in [0.25, 0.3) is 0 Å². The number of methoxy groups -OCH3 is 1. The van der Waals surface area contributed by atoms with Gasteiger partial charge < -0.3 is 19.7 Å². The van der Waals surface area contributed by atoms with Crippen LogP contribution in [0.15, 0.2) is 36.4 Å². The third-order valence-corrected chi connectivity index (χ3v) is 3.57. The predicted octanol–water partition coefficient (Wildman–Crippen LogP) is 2.55.